The molecule has 1 amide bonds. The lowest BCUT2D eigenvalue weighted by Crippen LogP contribution is -2.50. The van der Waals surface area contributed by atoms with Gasteiger partial charge in [-0.1, -0.05) is 13.8 Å². The van der Waals surface area contributed by atoms with Crippen LogP contribution in [0.25, 0.3) is 0 Å². The third kappa shape index (κ3) is 2.49. The van der Waals surface area contributed by atoms with E-state index in [1.54, 1.807) is 0 Å². The lowest BCUT2D eigenvalue weighted by atomic mass is 9.81. The van der Waals surface area contributed by atoms with E-state index in [1.165, 1.54) is 17.2 Å². The predicted octanol–water partition coefficient (Wildman–Crippen LogP) is 1.21. The number of carboxylic acids is 1. The lowest BCUT2D eigenvalue weighted by Gasteiger charge is -2.41. The van der Waals surface area contributed by atoms with Crippen LogP contribution >= 0.6 is 0 Å². The van der Waals surface area contributed by atoms with Crippen molar-refractivity contribution in [1.82, 2.24) is 4.90 Å². The zero-order chi connectivity index (χ0) is 14.2. The van der Waals surface area contributed by atoms with Crippen LogP contribution in [0.2, 0.25) is 0 Å². The summed E-state index contributed by atoms with van der Waals surface area (Å²) in [5.41, 5.74) is -0.543. The van der Waals surface area contributed by atoms with Crippen LogP contribution in [0, 0.1) is 5.41 Å². The maximum atomic E-state index is 12.3. The van der Waals surface area contributed by atoms with Gasteiger partial charge in [-0.25, -0.2) is 4.79 Å². The van der Waals surface area contributed by atoms with E-state index < -0.39 is 23.4 Å². The second kappa shape index (κ2) is 4.70. The third-order valence-electron chi connectivity index (χ3n) is 3.55. The minimum Gasteiger partial charge on any atom is -0.478 e. The molecule has 0 aromatic carbocycles. The molecule has 1 atom stereocenters. The van der Waals surface area contributed by atoms with Gasteiger partial charge in [-0.15, -0.1) is 0 Å². The number of aromatic carboxylic acids is 1. The first-order valence-electron chi connectivity index (χ1n) is 6.11. The van der Waals surface area contributed by atoms with Crippen LogP contribution in [0.3, 0.4) is 0 Å². The molecule has 1 aromatic heterocycles. The standard InChI is InChI=1S/C13H17NO5/c1-13(2)7-14(5-3-9(13)15)11(16)10-8(12(17)18)4-6-19-10/h4,6,9,15H,3,5,7H2,1-2H3,(H,17,18). The Morgan fingerprint density at radius 2 is 2.16 bits per heavy atom. The minimum absolute atomic E-state index is 0.131. The Labute approximate surface area is 110 Å². The van der Waals surface area contributed by atoms with Gasteiger partial charge in [0.15, 0.2) is 0 Å². The molecule has 2 N–H and O–H groups in total. The van der Waals surface area contributed by atoms with E-state index in [0.717, 1.165) is 0 Å². The molecule has 0 aliphatic carbocycles. The summed E-state index contributed by atoms with van der Waals surface area (Å²) in [6.07, 6.45) is 1.20. The summed E-state index contributed by atoms with van der Waals surface area (Å²) in [5.74, 6) is -1.78. The van der Waals surface area contributed by atoms with Crippen LogP contribution in [0.5, 0.6) is 0 Å². The van der Waals surface area contributed by atoms with E-state index in [9.17, 15) is 14.7 Å². The number of carbonyl (C=O) groups excluding carboxylic acids is 1. The molecule has 1 saturated heterocycles. The Bertz CT molecular complexity index is 505. The molecule has 2 rings (SSSR count). The molecule has 0 radical (unpaired) electrons. The van der Waals surface area contributed by atoms with Gasteiger partial charge < -0.3 is 19.5 Å². The maximum Gasteiger partial charge on any atom is 0.339 e. The number of rotatable bonds is 2. The first-order chi connectivity index (χ1) is 8.83. The summed E-state index contributed by atoms with van der Waals surface area (Å²) >= 11 is 0. The summed E-state index contributed by atoms with van der Waals surface area (Å²) in [7, 11) is 0. The van der Waals surface area contributed by atoms with Crippen LogP contribution in [0.4, 0.5) is 0 Å². The molecule has 1 fully saturated rings. The number of hydrogen-bond acceptors (Lipinski definition) is 4. The minimum atomic E-state index is -1.19. The summed E-state index contributed by atoms with van der Waals surface area (Å²) < 4.78 is 5.00. The zero-order valence-electron chi connectivity index (χ0n) is 10.9. The normalized spacial score (nSPS) is 22.3. The molecule has 1 aliphatic rings. The summed E-state index contributed by atoms with van der Waals surface area (Å²) in [4.78, 5) is 24.8. The van der Waals surface area contributed by atoms with Crippen LogP contribution < -0.4 is 0 Å². The van der Waals surface area contributed by atoms with Crippen molar-refractivity contribution in [2.45, 2.75) is 26.4 Å². The van der Waals surface area contributed by atoms with E-state index in [-0.39, 0.29) is 11.3 Å². The maximum absolute atomic E-state index is 12.3. The average Bonchev–Trinajstić information content (AvgIpc) is 2.80. The number of aliphatic hydroxyl groups excluding tert-OH is 1. The molecule has 2 heterocycles. The fraction of sp³-hybridized carbons (Fsp3) is 0.538. The third-order valence-corrected chi connectivity index (χ3v) is 3.55. The molecule has 0 saturated carbocycles. The molecule has 6 nitrogen and oxygen atoms in total. The predicted molar refractivity (Wildman–Crippen MR) is 66.0 cm³/mol. The molecule has 1 aromatic rings. The average molecular weight is 267 g/mol. The van der Waals surface area contributed by atoms with E-state index >= 15 is 0 Å². The Hall–Kier alpha value is -1.82. The van der Waals surface area contributed by atoms with Gasteiger partial charge in [-0.2, -0.15) is 0 Å². The highest BCUT2D eigenvalue weighted by Crippen LogP contribution is 2.30. The number of carbonyl (C=O) groups is 2. The number of nitrogens with zero attached hydrogens (tertiary/aromatic N) is 1. The van der Waals surface area contributed by atoms with E-state index in [2.05, 4.69) is 0 Å². The van der Waals surface area contributed by atoms with Gasteiger partial charge in [0.1, 0.15) is 5.56 Å². The number of carboxylic acid groups (broad SMARTS) is 1. The van der Waals surface area contributed by atoms with Gasteiger partial charge >= 0.3 is 5.97 Å². The van der Waals surface area contributed by atoms with Gasteiger partial charge in [-0.05, 0) is 12.5 Å². The monoisotopic (exact) mass is 267 g/mol. The highest BCUT2D eigenvalue weighted by atomic mass is 16.4. The number of likely N-dealkylation sites (tertiary alicyclic amines) is 1. The first kappa shape index (κ1) is 13.6. The van der Waals surface area contributed by atoms with Crippen molar-refractivity contribution in [3.63, 3.8) is 0 Å². The topological polar surface area (TPSA) is 91.0 Å². The van der Waals surface area contributed by atoms with E-state index in [1.807, 2.05) is 13.8 Å². The number of hydrogen-bond donors (Lipinski definition) is 2. The molecule has 104 valence electrons. The van der Waals surface area contributed by atoms with Gasteiger partial charge in [0, 0.05) is 18.5 Å². The summed E-state index contributed by atoms with van der Waals surface area (Å²) in [5, 5.41) is 18.8. The van der Waals surface area contributed by atoms with Gasteiger partial charge in [0.05, 0.1) is 12.4 Å². The van der Waals surface area contributed by atoms with Crippen LogP contribution in [0.1, 0.15) is 41.2 Å². The number of aliphatic hydroxyl groups is 1. The molecule has 6 heteroatoms. The first-order valence-corrected chi connectivity index (χ1v) is 6.11. The molecular weight excluding hydrogens is 250 g/mol. The summed E-state index contributed by atoms with van der Waals surface area (Å²) in [6, 6.07) is 1.26. The largest absolute Gasteiger partial charge is 0.478 e. The Balaban J connectivity index is 2.21. The molecule has 0 spiro atoms. The molecule has 1 unspecified atom stereocenters. The van der Waals surface area contributed by atoms with Crippen molar-refractivity contribution >= 4 is 11.9 Å². The van der Waals surface area contributed by atoms with Crippen molar-refractivity contribution in [1.29, 1.82) is 0 Å². The quantitative estimate of drug-likeness (QED) is 0.840. The van der Waals surface area contributed by atoms with Crippen molar-refractivity contribution < 1.29 is 24.2 Å². The molecular formula is C13H17NO5. The Kier molecular flexibility index (Phi) is 3.36. The van der Waals surface area contributed by atoms with E-state index in [0.29, 0.717) is 19.5 Å². The zero-order valence-corrected chi connectivity index (χ0v) is 10.9. The number of furan rings is 1. The Morgan fingerprint density at radius 1 is 1.47 bits per heavy atom. The second-order valence-electron chi connectivity index (χ2n) is 5.49. The molecule has 19 heavy (non-hydrogen) atoms. The molecule has 1 aliphatic heterocycles. The van der Waals surface area contributed by atoms with Crippen LogP contribution in [-0.4, -0.2) is 46.2 Å². The SMILES string of the molecule is CC1(C)CN(C(=O)c2occc2C(=O)O)CCC1O. The molecule has 0 bridgehead atoms. The number of amides is 1. The smallest absolute Gasteiger partial charge is 0.339 e. The highest BCUT2D eigenvalue weighted by molar-refractivity contribution is 6.02. The van der Waals surface area contributed by atoms with Gasteiger partial charge in [-0.3, -0.25) is 4.79 Å². The van der Waals surface area contributed by atoms with Crippen LogP contribution in [0.15, 0.2) is 16.7 Å². The van der Waals surface area contributed by atoms with Crippen molar-refractivity contribution in [3.05, 3.63) is 23.7 Å². The number of piperidine rings is 1. The summed E-state index contributed by atoms with van der Waals surface area (Å²) in [6.45, 7) is 4.50. The van der Waals surface area contributed by atoms with Crippen LogP contribution in [-0.2, 0) is 0 Å². The fourth-order valence-electron chi connectivity index (χ4n) is 2.31. The van der Waals surface area contributed by atoms with Crippen molar-refractivity contribution in [3.8, 4) is 0 Å². The van der Waals surface area contributed by atoms with E-state index in [4.69, 9.17) is 9.52 Å². The fourth-order valence-corrected chi connectivity index (χ4v) is 2.31. The second-order valence-corrected chi connectivity index (χ2v) is 5.49. The van der Waals surface area contributed by atoms with Crippen molar-refractivity contribution in [2.75, 3.05) is 13.1 Å². The highest BCUT2D eigenvalue weighted by Gasteiger charge is 2.38. The van der Waals surface area contributed by atoms with Gasteiger partial charge in [0.2, 0.25) is 5.76 Å². The Morgan fingerprint density at radius 3 is 2.74 bits per heavy atom. The van der Waals surface area contributed by atoms with Crippen molar-refractivity contribution in [2.24, 2.45) is 5.41 Å². The van der Waals surface area contributed by atoms with Gasteiger partial charge in [0.25, 0.3) is 5.91 Å². The lowest BCUT2D eigenvalue weighted by molar-refractivity contribution is -0.0192.